The third kappa shape index (κ3) is 8.17. The van der Waals surface area contributed by atoms with Gasteiger partial charge in [-0.3, -0.25) is 13.9 Å². The van der Waals surface area contributed by atoms with Crippen molar-refractivity contribution in [2.75, 3.05) is 10.8 Å². The van der Waals surface area contributed by atoms with Crippen molar-refractivity contribution in [3.8, 4) is 0 Å². The predicted octanol–water partition coefficient (Wildman–Crippen LogP) is 6.80. The first-order valence-electron chi connectivity index (χ1n) is 15.8. The maximum atomic E-state index is 14.7. The molecule has 240 valence electrons. The monoisotopic (exact) mass is 657 g/mol. The van der Waals surface area contributed by atoms with Gasteiger partial charge in [0.05, 0.1) is 10.6 Å². The Morgan fingerprint density at radius 3 is 2.09 bits per heavy atom. The molecule has 1 aliphatic rings. The second-order valence-corrected chi connectivity index (χ2v) is 13.9. The van der Waals surface area contributed by atoms with Gasteiger partial charge in [-0.25, -0.2) is 8.42 Å². The number of amides is 2. The van der Waals surface area contributed by atoms with Gasteiger partial charge >= 0.3 is 0 Å². The molecule has 1 N–H and O–H groups in total. The van der Waals surface area contributed by atoms with Gasteiger partial charge in [-0.1, -0.05) is 110 Å². The molecule has 0 aliphatic heterocycles. The van der Waals surface area contributed by atoms with E-state index >= 15 is 0 Å². The zero-order valence-corrected chi connectivity index (χ0v) is 27.6. The van der Waals surface area contributed by atoms with E-state index in [2.05, 4.69) is 5.32 Å². The number of nitrogens with zero attached hydrogens (tertiary/aromatic N) is 2. The first-order valence-corrected chi connectivity index (χ1v) is 17.6. The minimum Gasteiger partial charge on any atom is -0.352 e. The zero-order valence-electron chi connectivity index (χ0n) is 26.0. The molecule has 0 heterocycles. The highest BCUT2D eigenvalue weighted by Gasteiger charge is 2.36. The second-order valence-electron chi connectivity index (χ2n) is 11.7. The molecular weight excluding hydrogens is 618 g/mol. The fourth-order valence-electron chi connectivity index (χ4n) is 5.99. The van der Waals surface area contributed by atoms with Gasteiger partial charge in [0.2, 0.25) is 11.8 Å². The van der Waals surface area contributed by atoms with Crippen molar-refractivity contribution in [3.63, 3.8) is 0 Å². The van der Waals surface area contributed by atoms with E-state index in [0.717, 1.165) is 42.4 Å². The first-order chi connectivity index (χ1) is 22.3. The minimum atomic E-state index is -4.15. The summed E-state index contributed by atoms with van der Waals surface area (Å²) in [5.41, 5.74) is 2.89. The summed E-state index contributed by atoms with van der Waals surface area (Å²) in [6.45, 7) is 1.56. The number of rotatable bonds is 13. The number of carbonyl (C=O) groups is 2. The van der Waals surface area contributed by atoms with Crippen LogP contribution in [0.25, 0.3) is 0 Å². The molecule has 4 aromatic carbocycles. The predicted molar refractivity (Wildman–Crippen MR) is 183 cm³/mol. The molecule has 9 heteroatoms. The largest absolute Gasteiger partial charge is 0.352 e. The molecule has 5 rings (SSSR count). The van der Waals surface area contributed by atoms with E-state index < -0.39 is 28.5 Å². The van der Waals surface area contributed by atoms with E-state index in [1.807, 2.05) is 61.5 Å². The van der Waals surface area contributed by atoms with Gasteiger partial charge in [0.15, 0.2) is 0 Å². The number of benzene rings is 4. The van der Waals surface area contributed by atoms with Crippen LogP contribution in [0.2, 0.25) is 5.02 Å². The minimum absolute atomic E-state index is 0.0460. The standard InChI is InChI=1S/C37H40ClN3O4S/c1-2-30-15-9-12-20-34(30)41(46(44,45)33-18-7-4-8-19-33)27-36(42)40(26-29-21-23-31(38)24-22-29)35(25-28-13-5-3-6-14-28)37(43)39-32-16-10-11-17-32/h3-9,12-15,18-24,32,35H,2,10-11,16-17,25-27H2,1H3,(H,39,43)/t35-/m1/s1. The number of aryl methyl sites for hydroxylation is 1. The Morgan fingerprint density at radius 1 is 0.826 bits per heavy atom. The fraction of sp³-hybridized carbons (Fsp3) is 0.297. The number of hydrogen-bond acceptors (Lipinski definition) is 4. The Morgan fingerprint density at radius 2 is 1.43 bits per heavy atom. The van der Waals surface area contributed by atoms with E-state index in [4.69, 9.17) is 11.6 Å². The molecule has 7 nitrogen and oxygen atoms in total. The number of halogens is 1. The van der Waals surface area contributed by atoms with Crippen LogP contribution in [0.5, 0.6) is 0 Å². The molecule has 1 atom stereocenters. The molecule has 2 amide bonds. The summed E-state index contributed by atoms with van der Waals surface area (Å²) in [5, 5.41) is 3.76. The number of carbonyl (C=O) groups excluding carboxylic acids is 2. The molecule has 4 aromatic rings. The lowest BCUT2D eigenvalue weighted by atomic mass is 10.0. The van der Waals surface area contributed by atoms with Crippen molar-refractivity contribution in [1.29, 1.82) is 0 Å². The highest BCUT2D eigenvalue weighted by Crippen LogP contribution is 2.29. The van der Waals surface area contributed by atoms with Gasteiger partial charge in [0, 0.05) is 24.0 Å². The van der Waals surface area contributed by atoms with Gasteiger partial charge in [0.25, 0.3) is 10.0 Å². The molecule has 0 spiro atoms. The summed E-state index contributed by atoms with van der Waals surface area (Å²) in [6, 6.07) is 31.2. The molecular formula is C37H40ClN3O4S. The van der Waals surface area contributed by atoms with E-state index in [1.54, 1.807) is 42.5 Å². The summed E-state index contributed by atoms with van der Waals surface area (Å²) < 4.78 is 29.7. The van der Waals surface area contributed by atoms with Gasteiger partial charge in [-0.2, -0.15) is 0 Å². The van der Waals surface area contributed by atoms with Gasteiger partial charge in [-0.05, 0) is 66.3 Å². The average molecular weight is 658 g/mol. The highest BCUT2D eigenvalue weighted by molar-refractivity contribution is 7.92. The molecule has 46 heavy (non-hydrogen) atoms. The van der Waals surface area contributed by atoms with Crippen molar-refractivity contribution < 1.29 is 18.0 Å². The lowest BCUT2D eigenvalue weighted by molar-refractivity contribution is -0.140. The van der Waals surface area contributed by atoms with Gasteiger partial charge < -0.3 is 10.2 Å². The normalized spacial score (nSPS) is 14.0. The van der Waals surface area contributed by atoms with E-state index in [-0.39, 0.29) is 29.8 Å². The first kappa shape index (κ1) is 33.2. The van der Waals surface area contributed by atoms with E-state index in [0.29, 0.717) is 17.1 Å². The lowest BCUT2D eigenvalue weighted by Crippen LogP contribution is -2.54. The Labute approximate surface area is 277 Å². The number of para-hydroxylation sites is 1. The molecule has 0 bridgehead atoms. The van der Waals surface area contributed by atoms with Crippen LogP contribution in [-0.2, 0) is 39.0 Å². The van der Waals surface area contributed by atoms with Crippen molar-refractivity contribution in [1.82, 2.24) is 10.2 Å². The van der Waals surface area contributed by atoms with Crippen LogP contribution in [0.4, 0.5) is 5.69 Å². The molecule has 0 unspecified atom stereocenters. The van der Waals surface area contributed by atoms with Crippen LogP contribution in [0.3, 0.4) is 0 Å². The maximum absolute atomic E-state index is 14.7. The second kappa shape index (κ2) is 15.4. The number of hydrogen-bond donors (Lipinski definition) is 1. The van der Waals surface area contributed by atoms with Crippen LogP contribution in [-0.4, -0.2) is 43.8 Å². The Balaban J connectivity index is 1.58. The highest BCUT2D eigenvalue weighted by atomic mass is 35.5. The third-order valence-electron chi connectivity index (χ3n) is 8.49. The van der Waals surface area contributed by atoms with Crippen molar-refractivity contribution in [3.05, 3.63) is 131 Å². The quantitative estimate of drug-likeness (QED) is 0.171. The van der Waals surface area contributed by atoms with Crippen LogP contribution in [0.1, 0.15) is 49.3 Å². The molecule has 1 aliphatic carbocycles. The summed E-state index contributed by atoms with van der Waals surface area (Å²) in [4.78, 5) is 30.4. The maximum Gasteiger partial charge on any atom is 0.264 e. The van der Waals surface area contributed by atoms with E-state index in [1.165, 1.54) is 21.3 Å². The number of sulfonamides is 1. The lowest BCUT2D eigenvalue weighted by Gasteiger charge is -2.34. The summed E-state index contributed by atoms with van der Waals surface area (Å²) in [6.07, 6.45) is 4.73. The Kier molecular flexibility index (Phi) is 11.1. The van der Waals surface area contributed by atoms with Gasteiger partial charge in [-0.15, -0.1) is 0 Å². The Hall–Kier alpha value is -4.14. The third-order valence-corrected chi connectivity index (χ3v) is 10.5. The van der Waals surface area contributed by atoms with Crippen molar-refractivity contribution in [2.45, 2.75) is 69.0 Å². The average Bonchev–Trinajstić information content (AvgIpc) is 3.59. The van der Waals surface area contributed by atoms with Crippen LogP contribution in [0.15, 0.2) is 114 Å². The summed E-state index contributed by atoms with van der Waals surface area (Å²) in [7, 11) is -4.15. The smallest absolute Gasteiger partial charge is 0.264 e. The fourth-order valence-corrected chi connectivity index (χ4v) is 7.59. The van der Waals surface area contributed by atoms with Gasteiger partial charge in [0.1, 0.15) is 12.6 Å². The van der Waals surface area contributed by atoms with Crippen LogP contribution >= 0.6 is 11.6 Å². The molecule has 1 fully saturated rings. The van der Waals surface area contributed by atoms with Crippen LogP contribution < -0.4 is 9.62 Å². The molecule has 0 radical (unpaired) electrons. The Bertz CT molecular complexity index is 1710. The number of nitrogens with one attached hydrogen (secondary N) is 1. The number of anilines is 1. The van der Waals surface area contributed by atoms with Crippen molar-refractivity contribution in [2.24, 2.45) is 0 Å². The summed E-state index contributed by atoms with van der Waals surface area (Å²) in [5.74, 6) is -0.729. The molecule has 0 saturated heterocycles. The van der Waals surface area contributed by atoms with Crippen LogP contribution in [0, 0.1) is 0 Å². The topological polar surface area (TPSA) is 86.8 Å². The van der Waals surface area contributed by atoms with Crippen molar-refractivity contribution >= 4 is 39.1 Å². The molecule has 0 aromatic heterocycles. The SMILES string of the molecule is CCc1ccccc1N(CC(=O)N(Cc1ccc(Cl)cc1)[C@H](Cc1ccccc1)C(=O)NC1CCCC1)S(=O)(=O)c1ccccc1. The van der Waals surface area contributed by atoms with E-state index in [9.17, 15) is 18.0 Å². The zero-order chi connectivity index (χ0) is 32.5. The molecule has 1 saturated carbocycles. The summed E-state index contributed by atoms with van der Waals surface area (Å²) >= 11 is 6.18.